The molecule has 2 aliphatic heterocycles. The minimum absolute atomic E-state index is 0. The van der Waals surface area contributed by atoms with Gasteiger partial charge in [-0.15, -0.1) is 12.4 Å². The van der Waals surface area contributed by atoms with Crippen LogP contribution in [0.5, 0.6) is 0 Å². The van der Waals surface area contributed by atoms with Crippen molar-refractivity contribution in [3.8, 4) is 0 Å². The summed E-state index contributed by atoms with van der Waals surface area (Å²) in [5, 5.41) is 3.31. The van der Waals surface area contributed by atoms with Crippen LogP contribution in [0.3, 0.4) is 0 Å². The van der Waals surface area contributed by atoms with Crippen LogP contribution in [0.2, 0.25) is 0 Å². The number of nitrogens with zero attached hydrogens (tertiary/aromatic N) is 2. The first kappa shape index (κ1) is 31.2. The van der Waals surface area contributed by atoms with Gasteiger partial charge in [-0.1, -0.05) is 55.3 Å². The molecular formula is C31H40ClN3O5S. The summed E-state index contributed by atoms with van der Waals surface area (Å²) in [6.07, 6.45) is 7.62. The van der Waals surface area contributed by atoms with Gasteiger partial charge in [-0.3, -0.25) is 19.3 Å². The fourth-order valence-electron chi connectivity index (χ4n) is 6.44. The van der Waals surface area contributed by atoms with Gasteiger partial charge < -0.3 is 10.2 Å². The summed E-state index contributed by atoms with van der Waals surface area (Å²) in [5.74, 6) is -0.00246. The Hall–Kier alpha value is -2.75. The number of hydrogen-bond acceptors (Lipinski definition) is 6. The van der Waals surface area contributed by atoms with E-state index < -0.39 is 15.3 Å². The fourth-order valence-corrected chi connectivity index (χ4v) is 7.07. The lowest BCUT2D eigenvalue weighted by molar-refractivity contribution is -0.143. The Balaban J connectivity index is 0.00000387. The molecule has 0 radical (unpaired) electrons. The Kier molecular flexibility index (Phi) is 9.93. The van der Waals surface area contributed by atoms with Gasteiger partial charge in [-0.05, 0) is 68.5 Å². The van der Waals surface area contributed by atoms with Crippen LogP contribution < -0.4 is 5.32 Å². The molecule has 1 N–H and O–H groups in total. The lowest BCUT2D eigenvalue weighted by Gasteiger charge is -2.38. The molecule has 41 heavy (non-hydrogen) atoms. The van der Waals surface area contributed by atoms with E-state index in [1.165, 1.54) is 17.0 Å². The number of sulfone groups is 1. The van der Waals surface area contributed by atoms with E-state index in [1.54, 1.807) is 12.1 Å². The van der Waals surface area contributed by atoms with Crippen LogP contribution in [-0.4, -0.2) is 61.8 Å². The van der Waals surface area contributed by atoms with Crippen molar-refractivity contribution in [2.45, 2.75) is 68.8 Å². The molecule has 3 fully saturated rings. The van der Waals surface area contributed by atoms with E-state index in [2.05, 4.69) is 22.3 Å². The third kappa shape index (κ3) is 7.19. The number of amides is 3. The van der Waals surface area contributed by atoms with Crippen molar-refractivity contribution in [1.82, 2.24) is 15.1 Å². The van der Waals surface area contributed by atoms with Crippen molar-refractivity contribution in [3.05, 3.63) is 65.7 Å². The Morgan fingerprint density at radius 2 is 1.63 bits per heavy atom. The van der Waals surface area contributed by atoms with E-state index >= 15 is 0 Å². The molecule has 10 heteroatoms. The number of imide groups is 1. The van der Waals surface area contributed by atoms with Crippen LogP contribution >= 0.6 is 12.4 Å². The molecule has 2 heterocycles. The number of rotatable bonds is 9. The van der Waals surface area contributed by atoms with Gasteiger partial charge >= 0.3 is 0 Å². The quantitative estimate of drug-likeness (QED) is 0.430. The predicted octanol–water partition coefficient (Wildman–Crippen LogP) is 4.29. The SMILES string of the molecule is CS(=O)(=O)c1ccc(CN2C(=O)CC3(CCN(CC[C@H](NC(=O)C4CCCC4)c4ccccc4)CC3)C2=O)cc1.Cl. The summed E-state index contributed by atoms with van der Waals surface area (Å²) in [6, 6.07) is 16.4. The summed E-state index contributed by atoms with van der Waals surface area (Å²) in [4.78, 5) is 43.2. The Morgan fingerprint density at radius 1 is 1.00 bits per heavy atom. The highest BCUT2D eigenvalue weighted by Gasteiger charge is 2.52. The highest BCUT2D eigenvalue weighted by atomic mass is 35.5. The number of benzene rings is 2. The average Bonchev–Trinajstić information content (AvgIpc) is 3.56. The monoisotopic (exact) mass is 601 g/mol. The van der Waals surface area contributed by atoms with Gasteiger partial charge in [0.2, 0.25) is 17.7 Å². The second kappa shape index (κ2) is 13.0. The minimum Gasteiger partial charge on any atom is -0.349 e. The smallest absolute Gasteiger partial charge is 0.236 e. The maximum Gasteiger partial charge on any atom is 0.236 e. The number of carbonyl (C=O) groups excluding carboxylic acids is 3. The van der Waals surface area contributed by atoms with Crippen molar-refractivity contribution in [3.63, 3.8) is 0 Å². The van der Waals surface area contributed by atoms with Crippen LogP contribution in [0.15, 0.2) is 59.5 Å². The van der Waals surface area contributed by atoms with Crippen molar-refractivity contribution in [2.75, 3.05) is 25.9 Å². The maximum atomic E-state index is 13.5. The van der Waals surface area contributed by atoms with E-state index in [1.807, 2.05) is 18.2 Å². The molecule has 2 aromatic rings. The molecule has 5 rings (SSSR count). The van der Waals surface area contributed by atoms with Gasteiger partial charge in [0.1, 0.15) is 0 Å². The minimum atomic E-state index is -3.30. The Morgan fingerprint density at radius 3 is 2.24 bits per heavy atom. The van der Waals surface area contributed by atoms with Crippen molar-refractivity contribution < 1.29 is 22.8 Å². The molecule has 0 bridgehead atoms. The van der Waals surface area contributed by atoms with Crippen molar-refractivity contribution in [2.24, 2.45) is 11.3 Å². The number of halogens is 1. The van der Waals surface area contributed by atoms with Gasteiger partial charge in [0.05, 0.1) is 22.9 Å². The van der Waals surface area contributed by atoms with Gasteiger partial charge in [-0.25, -0.2) is 8.42 Å². The first-order valence-corrected chi connectivity index (χ1v) is 16.3. The second-order valence-corrected chi connectivity index (χ2v) is 13.8. The first-order valence-electron chi connectivity index (χ1n) is 14.4. The number of piperidine rings is 1. The number of hydrogen-bond donors (Lipinski definition) is 1. The molecule has 1 atom stereocenters. The van der Waals surface area contributed by atoms with E-state index in [4.69, 9.17) is 0 Å². The molecule has 3 aliphatic rings. The lowest BCUT2D eigenvalue weighted by atomic mass is 9.77. The summed E-state index contributed by atoms with van der Waals surface area (Å²) in [5.41, 5.74) is 1.18. The summed E-state index contributed by atoms with van der Waals surface area (Å²) < 4.78 is 23.5. The van der Waals surface area contributed by atoms with Crippen molar-refractivity contribution >= 4 is 40.0 Å². The summed E-state index contributed by atoms with van der Waals surface area (Å²) >= 11 is 0. The summed E-state index contributed by atoms with van der Waals surface area (Å²) in [7, 11) is -3.30. The van der Waals surface area contributed by atoms with Gasteiger partial charge in [0.15, 0.2) is 9.84 Å². The number of likely N-dealkylation sites (tertiary alicyclic amines) is 2. The van der Waals surface area contributed by atoms with E-state index in [-0.39, 0.29) is 59.9 Å². The summed E-state index contributed by atoms with van der Waals surface area (Å²) in [6.45, 7) is 2.42. The largest absolute Gasteiger partial charge is 0.349 e. The van der Waals surface area contributed by atoms with E-state index in [0.29, 0.717) is 12.8 Å². The zero-order valence-corrected chi connectivity index (χ0v) is 25.2. The van der Waals surface area contributed by atoms with E-state index in [9.17, 15) is 22.8 Å². The zero-order valence-electron chi connectivity index (χ0n) is 23.6. The maximum absolute atomic E-state index is 13.5. The van der Waals surface area contributed by atoms with Crippen LogP contribution in [0, 0.1) is 11.3 Å². The Bertz CT molecular complexity index is 1340. The molecule has 1 saturated carbocycles. The lowest BCUT2D eigenvalue weighted by Crippen LogP contribution is -2.45. The van der Waals surface area contributed by atoms with Crippen LogP contribution in [0.25, 0.3) is 0 Å². The highest BCUT2D eigenvalue weighted by molar-refractivity contribution is 7.90. The van der Waals surface area contributed by atoms with Crippen molar-refractivity contribution in [1.29, 1.82) is 0 Å². The van der Waals surface area contributed by atoms with E-state index in [0.717, 1.165) is 69.1 Å². The molecule has 1 aliphatic carbocycles. The molecule has 2 saturated heterocycles. The van der Waals surface area contributed by atoms with Gasteiger partial charge in [0.25, 0.3) is 0 Å². The third-order valence-corrected chi connectivity index (χ3v) is 10.1. The van der Waals surface area contributed by atoms with Crippen LogP contribution in [0.4, 0.5) is 0 Å². The second-order valence-electron chi connectivity index (χ2n) is 11.7. The number of carbonyl (C=O) groups is 3. The van der Waals surface area contributed by atoms with Gasteiger partial charge in [-0.2, -0.15) is 0 Å². The normalized spacial score (nSPS) is 20.3. The molecule has 1 spiro atoms. The molecule has 0 unspecified atom stereocenters. The fraction of sp³-hybridized carbons (Fsp3) is 0.516. The molecule has 2 aromatic carbocycles. The Labute approximate surface area is 249 Å². The zero-order chi connectivity index (χ0) is 28.3. The molecule has 8 nitrogen and oxygen atoms in total. The molecule has 0 aromatic heterocycles. The molecular weight excluding hydrogens is 562 g/mol. The molecule has 3 amide bonds. The standard InChI is InChI=1S/C31H39N3O5S.ClH/c1-40(38,39)26-13-11-23(12-14-26)22-34-28(35)21-31(30(34)37)16-19-33(20-17-31)18-15-27(24-7-3-2-4-8-24)32-29(36)25-9-5-6-10-25;/h2-4,7-8,11-14,25,27H,5-6,9-10,15-22H2,1H3,(H,32,36);1H/t27-;/m0./s1. The topological polar surface area (TPSA) is 104 Å². The highest BCUT2D eigenvalue weighted by Crippen LogP contribution is 2.43. The van der Waals surface area contributed by atoms with Gasteiger partial charge in [0, 0.05) is 25.1 Å². The molecule has 222 valence electrons. The first-order chi connectivity index (χ1) is 19.1. The van der Waals surface area contributed by atoms with Crippen LogP contribution in [0.1, 0.15) is 68.5 Å². The number of nitrogens with one attached hydrogen (secondary N) is 1. The average molecular weight is 602 g/mol. The third-order valence-electron chi connectivity index (χ3n) is 8.97. The predicted molar refractivity (Wildman–Crippen MR) is 159 cm³/mol. The van der Waals surface area contributed by atoms with Crippen LogP contribution in [-0.2, 0) is 30.8 Å².